The Morgan fingerprint density at radius 1 is 1.10 bits per heavy atom. The summed E-state index contributed by atoms with van der Waals surface area (Å²) in [6.07, 6.45) is 1.47. The maximum Gasteiger partial charge on any atom is 0.269 e. The normalized spacial score (nSPS) is 14.2. The summed E-state index contributed by atoms with van der Waals surface area (Å²) in [5.74, 6) is -0.545. The van der Waals surface area contributed by atoms with Crippen molar-refractivity contribution in [3.8, 4) is 5.75 Å². The van der Waals surface area contributed by atoms with Gasteiger partial charge in [0.1, 0.15) is 17.9 Å². The van der Waals surface area contributed by atoms with Crippen LogP contribution in [-0.2, 0) is 16.2 Å². The summed E-state index contributed by atoms with van der Waals surface area (Å²) in [6.45, 7) is 0.154. The van der Waals surface area contributed by atoms with Gasteiger partial charge in [0.2, 0.25) is 0 Å². The third-order valence-corrected chi connectivity index (χ3v) is 5.50. The van der Waals surface area contributed by atoms with Crippen LogP contribution in [-0.4, -0.2) is 45.7 Å². The molecule has 2 aromatic rings. The number of likely N-dealkylation sites (N-methyl/N-ethyl adjacent to an activating group) is 2. The number of ether oxygens (including phenoxy) is 1. The Morgan fingerprint density at radius 3 is 2.27 bits per heavy atom. The molecule has 10 heteroatoms. The zero-order chi connectivity index (χ0) is 22.0. The molecule has 0 atom stereocenters. The highest BCUT2D eigenvalue weighted by atomic mass is 79.9. The van der Waals surface area contributed by atoms with Crippen LogP contribution in [0.1, 0.15) is 11.1 Å². The van der Waals surface area contributed by atoms with E-state index >= 15 is 0 Å². The fraction of sp³-hybridized carbons (Fsp3) is 0.150. The summed E-state index contributed by atoms with van der Waals surface area (Å²) in [6, 6.07) is 11.2. The fourth-order valence-corrected chi connectivity index (χ4v) is 3.31. The van der Waals surface area contributed by atoms with Crippen molar-refractivity contribution in [1.82, 2.24) is 9.80 Å². The van der Waals surface area contributed by atoms with Crippen LogP contribution in [0.2, 0.25) is 0 Å². The second kappa shape index (κ2) is 8.72. The van der Waals surface area contributed by atoms with Crippen molar-refractivity contribution in [2.24, 2.45) is 0 Å². The first kappa shape index (κ1) is 21.6. The summed E-state index contributed by atoms with van der Waals surface area (Å²) in [4.78, 5) is 37.9. The topological polar surface area (TPSA) is 93.0 Å². The van der Waals surface area contributed by atoms with Crippen LogP contribution in [0.3, 0.4) is 0 Å². The first-order chi connectivity index (χ1) is 14.2. The van der Waals surface area contributed by atoms with Crippen LogP contribution >= 0.6 is 28.1 Å². The number of rotatable bonds is 5. The van der Waals surface area contributed by atoms with E-state index in [0.29, 0.717) is 11.3 Å². The minimum absolute atomic E-state index is 0.00621. The summed E-state index contributed by atoms with van der Waals surface area (Å²) in [7, 11) is 3.02. The van der Waals surface area contributed by atoms with Gasteiger partial charge >= 0.3 is 0 Å². The van der Waals surface area contributed by atoms with Crippen LogP contribution < -0.4 is 4.74 Å². The smallest absolute Gasteiger partial charge is 0.269 e. The molecule has 1 aliphatic rings. The van der Waals surface area contributed by atoms with Crippen molar-refractivity contribution < 1.29 is 19.2 Å². The average molecular weight is 490 g/mol. The molecule has 1 saturated heterocycles. The van der Waals surface area contributed by atoms with Gasteiger partial charge in [-0.25, -0.2) is 0 Å². The number of halogens is 1. The molecule has 0 spiro atoms. The van der Waals surface area contributed by atoms with E-state index in [0.717, 1.165) is 10.0 Å². The number of nitro benzene ring substituents is 1. The van der Waals surface area contributed by atoms with E-state index in [4.69, 9.17) is 17.0 Å². The number of carbonyl (C=O) groups is 2. The summed E-state index contributed by atoms with van der Waals surface area (Å²) in [5, 5.41) is 10.9. The van der Waals surface area contributed by atoms with Gasteiger partial charge in [0.25, 0.3) is 17.5 Å². The van der Waals surface area contributed by atoms with Crippen molar-refractivity contribution in [1.29, 1.82) is 0 Å². The highest BCUT2D eigenvalue weighted by molar-refractivity contribution is 9.10. The number of amides is 2. The first-order valence-electron chi connectivity index (χ1n) is 8.66. The highest BCUT2D eigenvalue weighted by Crippen LogP contribution is 2.28. The molecule has 2 amide bonds. The molecular weight excluding hydrogens is 474 g/mol. The van der Waals surface area contributed by atoms with Gasteiger partial charge in [0, 0.05) is 36.3 Å². The Bertz CT molecular complexity index is 1060. The zero-order valence-corrected chi connectivity index (χ0v) is 18.4. The predicted octanol–water partition coefficient (Wildman–Crippen LogP) is 3.54. The first-order valence-corrected chi connectivity index (χ1v) is 9.86. The fourth-order valence-electron chi connectivity index (χ4n) is 2.77. The van der Waals surface area contributed by atoms with Crippen molar-refractivity contribution in [3.05, 3.63) is 73.8 Å². The van der Waals surface area contributed by atoms with E-state index < -0.39 is 16.7 Å². The van der Waals surface area contributed by atoms with E-state index in [-0.39, 0.29) is 23.0 Å². The van der Waals surface area contributed by atoms with Crippen LogP contribution in [0, 0.1) is 10.1 Å². The zero-order valence-electron chi connectivity index (χ0n) is 16.0. The number of thiocarbonyl (C=S) groups is 1. The van der Waals surface area contributed by atoms with Gasteiger partial charge in [-0.2, -0.15) is 0 Å². The Kier molecular flexibility index (Phi) is 6.28. The second-order valence-corrected chi connectivity index (χ2v) is 7.74. The molecule has 0 N–H and O–H groups in total. The standard InChI is InChI=1S/C20H16BrN3O5S/c1-22-18(25)16(19(26)23(2)20(22)30)10-13-9-14(21)5-8-17(13)29-11-12-3-6-15(7-4-12)24(27)28/h3-10H,11H2,1-2H3. The number of hydrogen-bond acceptors (Lipinski definition) is 6. The molecule has 8 nitrogen and oxygen atoms in total. The summed E-state index contributed by atoms with van der Waals surface area (Å²) < 4.78 is 6.60. The van der Waals surface area contributed by atoms with E-state index in [1.54, 1.807) is 30.3 Å². The maximum absolute atomic E-state index is 12.6. The van der Waals surface area contributed by atoms with E-state index in [2.05, 4.69) is 15.9 Å². The van der Waals surface area contributed by atoms with Gasteiger partial charge in [-0.15, -0.1) is 0 Å². The van der Waals surface area contributed by atoms with Gasteiger partial charge in [0.15, 0.2) is 5.11 Å². The van der Waals surface area contributed by atoms with Crippen molar-refractivity contribution in [3.63, 3.8) is 0 Å². The molecule has 0 saturated carbocycles. The van der Waals surface area contributed by atoms with Crippen molar-refractivity contribution in [2.75, 3.05) is 14.1 Å². The monoisotopic (exact) mass is 489 g/mol. The molecular formula is C20H16BrN3O5S. The Balaban J connectivity index is 1.89. The third kappa shape index (κ3) is 4.39. The van der Waals surface area contributed by atoms with Crippen LogP contribution in [0.4, 0.5) is 5.69 Å². The molecule has 0 unspecified atom stereocenters. The van der Waals surface area contributed by atoms with Gasteiger partial charge in [0.05, 0.1) is 4.92 Å². The molecule has 30 heavy (non-hydrogen) atoms. The van der Waals surface area contributed by atoms with Crippen LogP contribution in [0.5, 0.6) is 5.75 Å². The largest absolute Gasteiger partial charge is 0.488 e. The number of nitro groups is 1. The molecule has 0 bridgehead atoms. The number of non-ortho nitro benzene ring substituents is 1. The lowest BCUT2D eigenvalue weighted by Crippen LogP contribution is -2.52. The quantitative estimate of drug-likeness (QED) is 0.209. The van der Waals surface area contributed by atoms with Gasteiger partial charge in [-0.1, -0.05) is 15.9 Å². The van der Waals surface area contributed by atoms with E-state index in [1.807, 2.05) is 0 Å². The predicted molar refractivity (Wildman–Crippen MR) is 118 cm³/mol. The second-order valence-electron chi connectivity index (χ2n) is 6.46. The number of carbonyl (C=O) groups excluding carboxylic acids is 2. The lowest BCUT2D eigenvalue weighted by molar-refractivity contribution is -0.384. The van der Waals surface area contributed by atoms with Gasteiger partial charge in [-0.3, -0.25) is 29.5 Å². The van der Waals surface area contributed by atoms with Crippen molar-refractivity contribution >= 4 is 56.8 Å². The molecule has 0 aromatic heterocycles. The Hall–Kier alpha value is -3.11. The van der Waals surface area contributed by atoms with Gasteiger partial charge in [-0.05, 0) is 54.2 Å². The Morgan fingerprint density at radius 2 is 1.70 bits per heavy atom. The minimum Gasteiger partial charge on any atom is -0.488 e. The molecule has 1 heterocycles. The lowest BCUT2D eigenvalue weighted by Gasteiger charge is -2.31. The van der Waals surface area contributed by atoms with Crippen molar-refractivity contribution in [2.45, 2.75) is 6.61 Å². The minimum atomic E-state index is -0.496. The summed E-state index contributed by atoms with van der Waals surface area (Å²) >= 11 is 8.48. The lowest BCUT2D eigenvalue weighted by atomic mass is 10.1. The third-order valence-electron chi connectivity index (χ3n) is 4.46. The SMILES string of the molecule is CN1C(=O)C(=Cc2cc(Br)ccc2OCc2ccc([N+](=O)[O-])cc2)C(=O)N(C)C1=S. The van der Waals surface area contributed by atoms with E-state index in [9.17, 15) is 19.7 Å². The number of nitrogens with zero attached hydrogens (tertiary/aromatic N) is 3. The molecule has 1 fully saturated rings. The van der Waals surface area contributed by atoms with Crippen LogP contribution in [0.15, 0.2) is 52.5 Å². The maximum atomic E-state index is 12.6. The highest BCUT2D eigenvalue weighted by Gasteiger charge is 2.35. The molecule has 3 rings (SSSR count). The van der Waals surface area contributed by atoms with Gasteiger partial charge < -0.3 is 4.74 Å². The number of hydrogen-bond donors (Lipinski definition) is 0. The molecule has 0 radical (unpaired) electrons. The Labute approximate surface area is 186 Å². The average Bonchev–Trinajstić information content (AvgIpc) is 2.73. The van der Waals surface area contributed by atoms with Crippen LogP contribution in [0.25, 0.3) is 6.08 Å². The molecule has 0 aliphatic carbocycles. The molecule has 1 aliphatic heterocycles. The summed E-state index contributed by atoms with van der Waals surface area (Å²) in [5.41, 5.74) is 1.22. The molecule has 2 aromatic carbocycles. The molecule has 154 valence electrons. The number of benzene rings is 2. The van der Waals surface area contributed by atoms with E-state index in [1.165, 1.54) is 42.1 Å².